The lowest BCUT2D eigenvalue weighted by Gasteiger charge is -2.09. The molecule has 0 spiro atoms. The molecule has 3 rings (SSSR count). The van der Waals surface area contributed by atoms with E-state index in [2.05, 4.69) is 0 Å². The summed E-state index contributed by atoms with van der Waals surface area (Å²) in [5.41, 5.74) is -0.0138. The minimum absolute atomic E-state index is 0.0138. The highest BCUT2D eigenvalue weighted by molar-refractivity contribution is 7.25. The number of ether oxygens (including phenoxy) is 2. The van der Waals surface area contributed by atoms with Crippen molar-refractivity contribution in [2.24, 2.45) is 0 Å². The summed E-state index contributed by atoms with van der Waals surface area (Å²) in [5.74, 6) is 1.28. The van der Waals surface area contributed by atoms with Crippen LogP contribution in [0.3, 0.4) is 0 Å². The predicted molar refractivity (Wildman–Crippen MR) is 78.7 cm³/mol. The average molecular weight is 272 g/mol. The molecule has 0 saturated carbocycles. The van der Waals surface area contributed by atoms with Gasteiger partial charge in [-0.25, -0.2) is 0 Å². The SMILES string of the molecule is COc1ccc(OC)c2c(=O)c3ccccc3sc12. The van der Waals surface area contributed by atoms with Crippen LogP contribution in [0.5, 0.6) is 11.5 Å². The molecule has 0 unspecified atom stereocenters. The number of rotatable bonds is 2. The quantitative estimate of drug-likeness (QED) is 0.670. The third kappa shape index (κ3) is 1.76. The summed E-state index contributed by atoms with van der Waals surface area (Å²) in [6, 6.07) is 11.2. The molecule has 0 radical (unpaired) electrons. The Morgan fingerprint density at radius 3 is 2.37 bits per heavy atom. The maximum Gasteiger partial charge on any atom is 0.199 e. The first-order chi connectivity index (χ1) is 9.26. The van der Waals surface area contributed by atoms with Crippen LogP contribution in [0.1, 0.15) is 0 Å². The number of fused-ring (bicyclic) bond motifs is 2. The number of hydrogen-bond acceptors (Lipinski definition) is 4. The van der Waals surface area contributed by atoms with Crippen LogP contribution in [-0.2, 0) is 0 Å². The summed E-state index contributed by atoms with van der Waals surface area (Å²) < 4.78 is 12.4. The van der Waals surface area contributed by atoms with Gasteiger partial charge in [0.15, 0.2) is 5.43 Å². The van der Waals surface area contributed by atoms with Crippen molar-refractivity contribution >= 4 is 31.5 Å². The van der Waals surface area contributed by atoms with E-state index in [4.69, 9.17) is 9.47 Å². The lowest BCUT2D eigenvalue weighted by Crippen LogP contribution is -2.03. The Morgan fingerprint density at radius 1 is 0.947 bits per heavy atom. The molecule has 0 atom stereocenters. The average Bonchev–Trinajstić information content (AvgIpc) is 2.46. The molecular formula is C15H12O3S. The molecule has 0 aliphatic rings. The second-order valence-corrected chi connectivity index (χ2v) is 5.15. The Balaban J connectivity index is 2.60. The molecule has 3 nitrogen and oxygen atoms in total. The smallest absolute Gasteiger partial charge is 0.199 e. The maximum absolute atomic E-state index is 12.6. The number of benzene rings is 2. The highest BCUT2D eigenvalue weighted by atomic mass is 32.1. The molecule has 3 aromatic rings. The van der Waals surface area contributed by atoms with Gasteiger partial charge < -0.3 is 9.47 Å². The van der Waals surface area contributed by atoms with Gasteiger partial charge in [0.2, 0.25) is 0 Å². The zero-order chi connectivity index (χ0) is 13.4. The lowest BCUT2D eigenvalue weighted by atomic mass is 10.1. The van der Waals surface area contributed by atoms with Gasteiger partial charge in [-0.2, -0.15) is 0 Å². The van der Waals surface area contributed by atoms with Crippen LogP contribution in [0, 0.1) is 0 Å². The van der Waals surface area contributed by atoms with E-state index in [0.717, 1.165) is 9.40 Å². The van der Waals surface area contributed by atoms with E-state index < -0.39 is 0 Å². The summed E-state index contributed by atoms with van der Waals surface area (Å²) in [7, 11) is 3.17. The number of hydrogen-bond donors (Lipinski definition) is 0. The molecule has 19 heavy (non-hydrogen) atoms. The van der Waals surface area contributed by atoms with E-state index in [1.165, 1.54) is 0 Å². The van der Waals surface area contributed by atoms with Crippen molar-refractivity contribution in [3.05, 3.63) is 46.6 Å². The zero-order valence-corrected chi connectivity index (χ0v) is 11.4. The molecule has 2 aromatic carbocycles. The molecular weight excluding hydrogens is 260 g/mol. The lowest BCUT2D eigenvalue weighted by molar-refractivity contribution is 0.411. The van der Waals surface area contributed by atoms with Crippen LogP contribution < -0.4 is 14.9 Å². The first-order valence-electron chi connectivity index (χ1n) is 5.83. The van der Waals surface area contributed by atoms with E-state index in [0.29, 0.717) is 22.3 Å². The van der Waals surface area contributed by atoms with Gasteiger partial charge in [-0.1, -0.05) is 12.1 Å². The first-order valence-corrected chi connectivity index (χ1v) is 6.64. The van der Waals surface area contributed by atoms with Gasteiger partial charge in [-0.3, -0.25) is 4.79 Å². The molecule has 4 heteroatoms. The van der Waals surface area contributed by atoms with Crippen molar-refractivity contribution in [1.82, 2.24) is 0 Å². The molecule has 0 aliphatic heterocycles. The van der Waals surface area contributed by atoms with Gasteiger partial charge in [0.05, 0.1) is 24.3 Å². The van der Waals surface area contributed by atoms with Crippen LogP contribution >= 0.6 is 11.3 Å². The Labute approximate surface area is 114 Å². The van der Waals surface area contributed by atoms with Gasteiger partial charge in [0.25, 0.3) is 0 Å². The second-order valence-electron chi connectivity index (χ2n) is 4.10. The van der Waals surface area contributed by atoms with Gasteiger partial charge in [0.1, 0.15) is 11.5 Å². The van der Waals surface area contributed by atoms with E-state index >= 15 is 0 Å². The highest BCUT2D eigenvalue weighted by Gasteiger charge is 2.14. The van der Waals surface area contributed by atoms with Crippen molar-refractivity contribution in [3.63, 3.8) is 0 Å². The Morgan fingerprint density at radius 2 is 1.63 bits per heavy atom. The van der Waals surface area contributed by atoms with Gasteiger partial charge >= 0.3 is 0 Å². The largest absolute Gasteiger partial charge is 0.496 e. The third-order valence-corrected chi connectivity index (χ3v) is 4.28. The zero-order valence-electron chi connectivity index (χ0n) is 10.6. The monoisotopic (exact) mass is 272 g/mol. The van der Waals surface area contributed by atoms with Gasteiger partial charge in [0, 0.05) is 10.1 Å². The minimum Gasteiger partial charge on any atom is -0.496 e. The molecule has 0 bridgehead atoms. The third-order valence-electron chi connectivity index (χ3n) is 3.09. The molecule has 0 fully saturated rings. The van der Waals surface area contributed by atoms with Gasteiger partial charge in [-0.15, -0.1) is 11.3 Å². The second kappa shape index (κ2) is 4.55. The van der Waals surface area contributed by atoms with E-state index in [9.17, 15) is 4.79 Å². The fourth-order valence-electron chi connectivity index (χ4n) is 2.18. The van der Waals surface area contributed by atoms with Crippen LogP contribution in [0.25, 0.3) is 20.2 Å². The summed E-state index contributed by atoms with van der Waals surface area (Å²) in [4.78, 5) is 12.6. The summed E-state index contributed by atoms with van der Waals surface area (Å²) in [6.07, 6.45) is 0. The molecule has 0 saturated heterocycles. The molecule has 96 valence electrons. The summed E-state index contributed by atoms with van der Waals surface area (Å²) >= 11 is 1.54. The van der Waals surface area contributed by atoms with Crippen molar-refractivity contribution in [2.45, 2.75) is 0 Å². The van der Waals surface area contributed by atoms with E-state index in [1.807, 2.05) is 30.3 Å². The maximum atomic E-state index is 12.6. The van der Waals surface area contributed by atoms with Crippen LogP contribution in [-0.4, -0.2) is 14.2 Å². The van der Waals surface area contributed by atoms with Crippen LogP contribution in [0.15, 0.2) is 41.2 Å². The van der Waals surface area contributed by atoms with Crippen molar-refractivity contribution < 1.29 is 9.47 Å². The van der Waals surface area contributed by atoms with Crippen molar-refractivity contribution in [2.75, 3.05) is 14.2 Å². The van der Waals surface area contributed by atoms with Crippen molar-refractivity contribution in [1.29, 1.82) is 0 Å². The van der Waals surface area contributed by atoms with Gasteiger partial charge in [-0.05, 0) is 24.3 Å². The summed E-state index contributed by atoms with van der Waals surface area (Å²) in [5, 5.41) is 1.30. The topological polar surface area (TPSA) is 35.5 Å². The highest BCUT2D eigenvalue weighted by Crippen LogP contribution is 2.36. The Hall–Kier alpha value is -2.07. The number of methoxy groups -OCH3 is 2. The molecule has 1 aromatic heterocycles. The summed E-state index contributed by atoms with van der Waals surface area (Å²) in [6.45, 7) is 0. The minimum atomic E-state index is -0.0138. The van der Waals surface area contributed by atoms with Crippen LogP contribution in [0.4, 0.5) is 0 Å². The fourth-order valence-corrected chi connectivity index (χ4v) is 3.37. The standard InChI is InChI=1S/C15H12O3S/c1-17-10-7-8-11(18-2)15-13(10)14(16)9-5-3-4-6-12(9)19-15/h3-8H,1-2H3. The first kappa shape index (κ1) is 12.0. The molecule has 0 N–H and O–H groups in total. The predicted octanol–water partition coefficient (Wildman–Crippen LogP) is 3.43. The Kier molecular flexibility index (Phi) is 2.87. The normalized spacial score (nSPS) is 10.8. The Bertz CT molecular complexity index is 821. The molecule has 1 heterocycles. The van der Waals surface area contributed by atoms with Crippen LogP contribution in [0.2, 0.25) is 0 Å². The van der Waals surface area contributed by atoms with E-state index in [1.54, 1.807) is 31.6 Å². The molecule has 0 amide bonds. The van der Waals surface area contributed by atoms with E-state index in [-0.39, 0.29) is 5.43 Å². The fraction of sp³-hybridized carbons (Fsp3) is 0.133. The molecule has 0 aliphatic carbocycles. The van der Waals surface area contributed by atoms with Crippen molar-refractivity contribution in [3.8, 4) is 11.5 Å².